The first kappa shape index (κ1) is 19.9. The van der Waals surface area contributed by atoms with Crippen LogP contribution in [0.3, 0.4) is 0 Å². The van der Waals surface area contributed by atoms with Gasteiger partial charge in [-0.3, -0.25) is 0 Å². The van der Waals surface area contributed by atoms with Crippen molar-refractivity contribution in [3.63, 3.8) is 0 Å². The van der Waals surface area contributed by atoms with Gasteiger partial charge in [0.15, 0.2) is 0 Å². The van der Waals surface area contributed by atoms with E-state index in [9.17, 15) is 4.79 Å². The maximum Gasteiger partial charge on any atom is 0.346 e. The molecule has 0 bridgehead atoms. The molecular weight excluding hydrogens is 374 g/mol. The molecule has 1 aromatic heterocycles. The molecule has 0 radical (unpaired) electrons. The Kier molecular flexibility index (Phi) is 6.31. The van der Waals surface area contributed by atoms with E-state index in [0.29, 0.717) is 23.1 Å². The number of aromatic nitrogens is 1. The van der Waals surface area contributed by atoms with Crippen LogP contribution in [0.2, 0.25) is 0 Å². The molecular formula is C22H23NO4S. The lowest BCUT2D eigenvalue weighted by Crippen LogP contribution is -2.09. The minimum absolute atomic E-state index is 0.0839. The molecule has 1 heterocycles. The van der Waals surface area contributed by atoms with Gasteiger partial charge in [0, 0.05) is 10.9 Å². The summed E-state index contributed by atoms with van der Waals surface area (Å²) in [6, 6.07) is 13.5. The smallest absolute Gasteiger partial charge is 0.346 e. The lowest BCUT2D eigenvalue weighted by molar-refractivity contribution is 0.0461. The third-order valence-corrected chi connectivity index (χ3v) is 5.30. The number of carbonyl (C=O) groups excluding carboxylic acids is 1. The first-order valence-corrected chi connectivity index (χ1v) is 9.84. The molecule has 0 saturated heterocycles. The van der Waals surface area contributed by atoms with Gasteiger partial charge < -0.3 is 14.2 Å². The molecule has 0 unspecified atom stereocenters. The summed E-state index contributed by atoms with van der Waals surface area (Å²) in [5.74, 6) is 0.805. The van der Waals surface area contributed by atoms with Crippen LogP contribution in [0.4, 0.5) is 0 Å². The predicted molar refractivity (Wildman–Crippen MR) is 110 cm³/mol. The van der Waals surface area contributed by atoms with E-state index in [4.69, 9.17) is 14.2 Å². The SMILES string of the molecule is COc1cccc(OC)c1C(=O)OCc1csc(-c2ccc(C(C)C)cc2)n1. The standard InChI is InChI=1S/C22H23NO4S/c1-14(2)15-8-10-16(11-9-15)21-23-17(13-28-21)12-27-22(24)20-18(25-3)6-5-7-19(20)26-4/h5-11,13-14H,12H2,1-4H3. The van der Waals surface area contributed by atoms with Crippen molar-refractivity contribution in [1.82, 2.24) is 4.98 Å². The minimum Gasteiger partial charge on any atom is -0.496 e. The van der Waals surface area contributed by atoms with Crippen LogP contribution in [0.1, 0.15) is 41.4 Å². The van der Waals surface area contributed by atoms with Crippen molar-refractivity contribution in [3.05, 3.63) is 64.7 Å². The van der Waals surface area contributed by atoms with Crippen LogP contribution in [0.25, 0.3) is 10.6 Å². The Balaban J connectivity index is 1.70. The van der Waals surface area contributed by atoms with Gasteiger partial charge in [-0.2, -0.15) is 0 Å². The summed E-state index contributed by atoms with van der Waals surface area (Å²) in [5, 5.41) is 2.80. The molecule has 0 fully saturated rings. The first-order valence-electron chi connectivity index (χ1n) is 8.96. The second kappa shape index (κ2) is 8.89. The number of methoxy groups -OCH3 is 2. The molecule has 28 heavy (non-hydrogen) atoms. The number of carbonyl (C=O) groups is 1. The van der Waals surface area contributed by atoms with E-state index < -0.39 is 5.97 Å². The summed E-state index contributed by atoms with van der Waals surface area (Å²) in [7, 11) is 3.01. The van der Waals surface area contributed by atoms with Gasteiger partial charge in [0.25, 0.3) is 0 Å². The third-order valence-electron chi connectivity index (χ3n) is 4.36. The van der Waals surface area contributed by atoms with Gasteiger partial charge in [-0.05, 0) is 23.6 Å². The lowest BCUT2D eigenvalue weighted by atomic mass is 10.0. The normalized spacial score (nSPS) is 10.8. The van der Waals surface area contributed by atoms with Crippen molar-refractivity contribution >= 4 is 17.3 Å². The van der Waals surface area contributed by atoms with Crippen molar-refractivity contribution in [2.24, 2.45) is 0 Å². The second-order valence-corrected chi connectivity index (χ2v) is 7.39. The zero-order valence-corrected chi connectivity index (χ0v) is 17.2. The highest BCUT2D eigenvalue weighted by Gasteiger charge is 2.20. The van der Waals surface area contributed by atoms with Gasteiger partial charge in [-0.15, -0.1) is 11.3 Å². The molecule has 2 aromatic carbocycles. The summed E-state index contributed by atoms with van der Waals surface area (Å²) in [5.41, 5.74) is 3.32. The van der Waals surface area contributed by atoms with Crippen molar-refractivity contribution in [1.29, 1.82) is 0 Å². The topological polar surface area (TPSA) is 57.7 Å². The van der Waals surface area contributed by atoms with Crippen LogP contribution >= 0.6 is 11.3 Å². The maximum atomic E-state index is 12.5. The number of rotatable bonds is 7. The van der Waals surface area contributed by atoms with Crippen LogP contribution in [-0.2, 0) is 11.3 Å². The van der Waals surface area contributed by atoms with Gasteiger partial charge in [0.1, 0.15) is 28.7 Å². The summed E-state index contributed by atoms with van der Waals surface area (Å²) < 4.78 is 16.0. The van der Waals surface area contributed by atoms with Gasteiger partial charge in [-0.25, -0.2) is 9.78 Å². The van der Waals surface area contributed by atoms with Gasteiger partial charge in [-0.1, -0.05) is 44.2 Å². The molecule has 5 nitrogen and oxygen atoms in total. The third kappa shape index (κ3) is 4.34. The molecule has 0 aliphatic heterocycles. The van der Waals surface area contributed by atoms with Crippen LogP contribution in [0, 0.1) is 0 Å². The molecule has 0 aliphatic carbocycles. The van der Waals surface area contributed by atoms with Crippen LogP contribution < -0.4 is 9.47 Å². The molecule has 0 amide bonds. The first-order chi connectivity index (χ1) is 13.5. The average molecular weight is 397 g/mol. The highest BCUT2D eigenvalue weighted by atomic mass is 32.1. The van der Waals surface area contributed by atoms with E-state index in [0.717, 1.165) is 10.6 Å². The fourth-order valence-electron chi connectivity index (χ4n) is 2.78. The zero-order chi connectivity index (χ0) is 20.1. The molecule has 146 valence electrons. The van der Waals surface area contributed by atoms with Gasteiger partial charge >= 0.3 is 5.97 Å². The van der Waals surface area contributed by atoms with E-state index in [1.54, 1.807) is 18.2 Å². The Labute approximate surface area is 168 Å². The molecule has 0 atom stereocenters. The number of ether oxygens (including phenoxy) is 3. The molecule has 0 saturated carbocycles. The predicted octanol–water partition coefficient (Wildman–Crippen LogP) is 5.31. The quantitative estimate of drug-likeness (QED) is 0.506. The number of hydrogen-bond acceptors (Lipinski definition) is 6. The Bertz CT molecular complexity index is 925. The number of hydrogen-bond donors (Lipinski definition) is 0. The largest absolute Gasteiger partial charge is 0.496 e. The summed E-state index contributed by atoms with van der Waals surface area (Å²) in [6.45, 7) is 4.42. The lowest BCUT2D eigenvalue weighted by Gasteiger charge is -2.11. The molecule has 0 aliphatic rings. The molecule has 0 spiro atoms. The highest BCUT2D eigenvalue weighted by molar-refractivity contribution is 7.13. The van der Waals surface area contributed by atoms with Gasteiger partial charge in [0.2, 0.25) is 0 Å². The van der Waals surface area contributed by atoms with Crippen molar-refractivity contribution in [2.75, 3.05) is 14.2 Å². The fraction of sp³-hybridized carbons (Fsp3) is 0.273. The van der Waals surface area contributed by atoms with E-state index in [1.807, 2.05) is 5.38 Å². The Morgan fingerprint density at radius 3 is 2.25 bits per heavy atom. The zero-order valence-electron chi connectivity index (χ0n) is 16.4. The van der Waals surface area contributed by atoms with Crippen molar-refractivity contribution in [2.45, 2.75) is 26.4 Å². The number of thiazole rings is 1. The maximum absolute atomic E-state index is 12.5. The Hall–Kier alpha value is -2.86. The molecule has 3 aromatic rings. The van der Waals surface area contributed by atoms with E-state index in [2.05, 4.69) is 43.1 Å². The van der Waals surface area contributed by atoms with E-state index in [1.165, 1.54) is 31.1 Å². The average Bonchev–Trinajstić information content (AvgIpc) is 3.20. The molecule has 0 N–H and O–H groups in total. The summed E-state index contributed by atoms with van der Waals surface area (Å²) in [6.07, 6.45) is 0. The highest BCUT2D eigenvalue weighted by Crippen LogP contribution is 2.30. The fourth-order valence-corrected chi connectivity index (χ4v) is 3.59. The molecule has 3 rings (SSSR count). The summed E-state index contributed by atoms with van der Waals surface area (Å²) in [4.78, 5) is 17.1. The number of nitrogens with zero attached hydrogens (tertiary/aromatic N) is 1. The van der Waals surface area contributed by atoms with Crippen molar-refractivity contribution < 1.29 is 19.0 Å². The van der Waals surface area contributed by atoms with Crippen molar-refractivity contribution in [3.8, 4) is 22.1 Å². The second-order valence-electron chi connectivity index (χ2n) is 6.53. The van der Waals surface area contributed by atoms with Gasteiger partial charge in [0.05, 0.1) is 19.9 Å². The Morgan fingerprint density at radius 2 is 1.68 bits per heavy atom. The number of esters is 1. The minimum atomic E-state index is -0.509. The van der Waals surface area contributed by atoms with Crippen LogP contribution in [-0.4, -0.2) is 25.2 Å². The van der Waals surface area contributed by atoms with E-state index >= 15 is 0 Å². The summed E-state index contributed by atoms with van der Waals surface area (Å²) >= 11 is 1.53. The van der Waals surface area contributed by atoms with E-state index in [-0.39, 0.29) is 12.2 Å². The molecule has 6 heteroatoms. The monoisotopic (exact) mass is 397 g/mol. The Morgan fingerprint density at radius 1 is 1.04 bits per heavy atom. The number of benzene rings is 2. The van der Waals surface area contributed by atoms with Crippen LogP contribution in [0.5, 0.6) is 11.5 Å². The van der Waals surface area contributed by atoms with Crippen LogP contribution in [0.15, 0.2) is 47.8 Å².